The summed E-state index contributed by atoms with van der Waals surface area (Å²) >= 11 is 12.0. The van der Waals surface area contributed by atoms with Gasteiger partial charge in [-0.15, -0.1) is 0 Å². The third-order valence-electron chi connectivity index (χ3n) is 6.27. The molecule has 36 heavy (non-hydrogen) atoms. The summed E-state index contributed by atoms with van der Waals surface area (Å²) < 4.78 is 74.6. The fraction of sp³-hybridized carbons (Fsp3) is 0.417. The number of carbonyl (C=O) groups is 2. The summed E-state index contributed by atoms with van der Waals surface area (Å²) in [5, 5.41) is 12.1. The number of carbonyl (C=O) groups excluding carboxylic acids is 1. The van der Waals surface area contributed by atoms with E-state index in [4.69, 9.17) is 27.9 Å². The molecule has 0 aliphatic heterocycles. The van der Waals surface area contributed by atoms with Crippen LogP contribution in [0.4, 0.5) is 27.6 Å². The molecule has 3 unspecified atom stereocenters. The summed E-state index contributed by atoms with van der Waals surface area (Å²) in [5.41, 5.74) is -2.68. The van der Waals surface area contributed by atoms with E-state index in [0.717, 1.165) is 13.0 Å². The molecule has 1 amide bonds. The molecule has 0 aromatic heterocycles. The van der Waals surface area contributed by atoms with Gasteiger partial charge in [-0.05, 0) is 42.3 Å². The van der Waals surface area contributed by atoms with Crippen LogP contribution in [0.2, 0.25) is 10.0 Å². The third-order valence-corrected chi connectivity index (χ3v) is 6.85. The van der Waals surface area contributed by atoms with Gasteiger partial charge in [0.05, 0.1) is 22.5 Å². The zero-order valence-electron chi connectivity index (χ0n) is 19.0. The van der Waals surface area contributed by atoms with Crippen molar-refractivity contribution in [1.82, 2.24) is 0 Å². The summed E-state index contributed by atoms with van der Waals surface area (Å²) in [6, 6.07) is 8.92. The predicted molar refractivity (Wildman–Crippen MR) is 123 cm³/mol. The molecule has 0 spiro atoms. The number of rotatable bonds is 9. The molecular formula is C24H22Cl2F5NO4. The fourth-order valence-corrected chi connectivity index (χ4v) is 4.45. The lowest BCUT2D eigenvalue weighted by molar-refractivity contribution is -0.178. The molecule has 4 atom stereocenters. The quantitative estimate of drug-likeness (QED) is 0.325. The van der Waals surface area contributed by atoms with E-state index in [0.29, 0.717) is 0 Å². The number of alkyl halides is 5. The molecule has 196 valence electrons. The molecular weight excluding hydrogens is 532 g/mol. The van der Waals surface area contributed by atoms with Gasteiger partial charge in [0, 0.05) is 18.1 Å². The number of amides is 1. The number of carboxylic acids is 1. The molecule has 1 fully saturated rings. The monoisotopic (exact) mass is 553 g/mol. The summed E-state index contributed by atoms with van der Waals surface area (Å²) in [4.78, 5) is 24.9. The molecule has 0 saturated heterocycles. The maximum Gasteiger partial charge on any atom is 0.392 e. The Labute approximate surface area is 213 Å². The van der Waals surface area contributed by atoms with Crippen LogP contribution in [0.15, 0.2) is 42.5 Å². The van der Waals surface area contributed by atoms with Crippen molar-refractivity contribution in [3.8, 4) is 0 Å². The molecule has 2 aromatic rings. The van der Waals surface area contributed by atoms with Gasteiger partial charge in [-0.3, -0.25) is 9.59 Å². The van der Waals surface area contributed by atoms with Crippen LogP contribution in [0.3, 0.4) is 0 Å². The Hall–Kier alpha value is -2.43. The topological polar surface area (TPSA) is 75.6 Å². The van der Waals surface area contributed by atoms with Crippen LogP contribution in [0, 0.1) is 11.3 Å². The van der Waals surface area contributed by atoms with Gasteiger partial charge in [0.25, 0.3) is 5.92 Å². The Kier molecular flexibility index (Phi) is 7.93. The Balaban J connectivity index is 1.99. The van der Waals surface area contributed by atoms with Gasteiger partial charge >= 0.3 is 12.1 Å². The van der Waals surface area contributed by atoms with E-state index in [9.17, 15) is 36.6 Å². The van der Waals surface area contributed by atoms with Crippen molar-refractivity contribution in [2.75, 3.05) is 11.9 Å². The van der Waals surface area contributed by atoms with Crippen LogP contribution in [-0.4, -0.2) is 35.7 Å². The highest BCUT2D eigenvalue weighted by atomic mass is 35.5. The van der Waals surface area contributed by atoms with Gasteiger partial charge in [-0.1, -0.05) is 48.3 Å². The Morgan fingerprint density at radius 2 is 1.67 bits per heavy atom. The van der Waals surface area contributed by atoms with Gasteiger partial charge in [0.15, 0.2) is 5.41 Å². The molecule has 1 aliphatic carbocycles. The highest BCUT2D eigenvalue weighted by Crippen LogP contribution is 2.67. The highest BCUT2D eigenvalue weighted by Gasteiger charge is 2.80. The van der Waals surface area contributed by atoms with Crippen LogP contribution in [0.25, 0.3) is 0 Å². The lowest BCUT2D eigenvalue weighted by Crippen LogP contribution is -2.34. The molecule has 0 heterocycles. The van der Waals surface area contributed by atoms with Crippen molar-refractivity contribution in [2.24, 2.45) is 11.3 Å². The lowest BCUT2D eigenvalue weighted by Gasteiger charge is -2.27. The maximum absolute atomic E-state index is 14.2. The Morgan fingerprint density at radius 1 is 1.11 bits per heavy atom. The van der Waals surface area contributed by atoms with Gasteiger partial charge in [-0.25, -0.2) is 8.78 Å². The molecule has 12 heteroatoms. The van der Waals surface area contributed by atoms with Crippen molar-refractivity contribution >= 4 is 40.8 Å². The van der Waals surface area contributed by atoms with Crippen LogP contribution >= 0.6 is 23.2 Å². The maximum atomic E-state index is 14.2. The first-order chi connectivity index (χ1) is 16.7. The summed E-state index contributed by atoms with van der Waals surface area (Å²) in [6.45, 7) is 2.26. The molecule has 0 radical (unpaired) electrons. The standard InChI is InChI=1S/C24H22Cl2F5NO4/c1-3-36-19(22(21(34)35)11-23(22,27)28)14-6-9-16(26)17(10-14)32-20(33)18(12(2)24(29,30)31)13-4-7-15(25)8-5-13/h4-10,12,18-19H,3,11H2,1-2H3,(H,32,33)(H,34,35)/t12-,18?,19?,22?/m1/s1. The van der Waals surface area contributed by atoms with E-state index in [1.807, 2.05) is 0 Å². The summed E-state index contributed by atoms with van der Waals surface area (Å²) in [6.07, 6.45) is -7.27. The number of anilines is 1. The first-order valence-corrected chi connectivity index (χ1v) is 11.6. The normalized spacial score (nSPS) is 21.4. The SMILES string of the molecule is CCOC(c1ccc(Cl)c(NC(=O)C(c2ccc(Cl)cc2)[C@@H](C)C(F)(F)F)c1)C1(C(=O)O)CC1(F)F. The number of carboxylic acid groups (broad SMARTS) is 1. The first kappa shape index (κ1) is 28.1. The predicted octanol–water partition coefficient (Wildman–Crippen LogP) is 7.10. The second-order valence-corrected chi connectivity index (χ2v) is 9.42. The molecule has 2 N–H and O–H groups in total. The van der Waals surface area contributed by atoms with Crippen molar-refractivity contribution < 1.29 is 41.4 Å². The molecule has 5 nitrogen and oxygen atoms in total. The van der Waals surface area contributed by atoms with Crippen LogP contribution in [0.5, 0.6) is 0 Å². The van der Waals surface area contributed by atoms with Gasteiger partial charge in [0.1, 0.15) is 6.10 Å². The van der Waals surface area contributed by atoms with E-state index in [2.05, 4.69) is 5.32 Å². The number of benzene rings is 2. The second-order valence-electron chi connectivity index (χ2n) is 8.58. The van der Waals surface area contributed by atoms with Gasteiger partial charge in [-0.2, -0.15) is 13.2 Å². The number of hydrogen-bond acceptors (Lipinski definition) is 3. The van der Waals surface area contributed by atoms with Crippen molar-refractivity contribution in [1.29, 1.82) is 0 Å². The first-order valence-electron chi connectivity index (χ1n) is 10.8. The van der Waals surface area contributed by atoms with Gasteiger partial charge in [0.2, 0.25) is 5.91 Å². The number of hydrogen-bond donors (Lipinski definition) is 2. The second kappa shape index (κ2) is 10.1. The van der Waals surface area contributed by atoms with Crippen molar-refractivity contribution in [3.05, 3.63) is 63.6 Å². The van der Waals surface area contributed by atoms with E-state index < -0.39 is 53.8 Å². The zero-order valence-corrected chi connectivity index (χ0v) is 20.5. The van der Waals surface area contributed by atoms with Crippen molar-refractivity contribution in [3.63, 3.8) is 0 Å². The van der Waals surface area contributed by atoms with E-state index >= 15 is 0 Å². The van der Waals surface area contributed by atoms with E-state index in [-0.39, 0.29) is 33.5 Å². The average molecular weight is 554 g/mol. The highest BCUT2D eigenvalue weighted by molar-refractivity contribution is 6.33. The minimum absolute atomic E-state index is 0.0250. The van der Waals surface area contributed by atoms with Crippen LogP contribution in [0.1, 0.15) is 43.4 Å². The Morgan fingerprint density at radius 3 is 2.14 bits per heavy atom. The Bertz CT molecular complexity index is 1140. The lowest BCUT2D eigenvalue weighted by atomic mass is 9.85. The van der Waals surface area contributed by atoms with E-state index in [1.165, 1.54) is 43.3 Å². The molecule has 0 bridgehead atoms. The molecule has 1 aliphatic rings. The molecule has 2 aromatic carbocycles. The summed E-state index contributed by atoms with van der Waals surface area (Å²) in [7, 11) is 0. The van der Waals surface area contributed by atoms with Crippen LogP contribution in [-0.2, 0) is 14.3 Å². The largest absolute Gasteiger partial charge is 0.481 e. The average Bonchev–Trinajstić information content (AvgIpc) is 3.37. The number of aliphatic carboxylic acids is 1. The minimum Gasteiger partial charge on any atom is -0.481 e. The van der Waals surface area contributed by atoms with E-state index in [1.54, 1.807) is 0 Å². The zero-order chi connectivity index (χ0) is 27.1. The third kappa shape index (κ3) is 5.31. The van der Waals surface area contributed by atoms with Crippen LogP contribution < -0.4 is 5.32 Å². The summed E-state index contributed by atoms with van der Waals surface area (Å²) in [5.74, 6) is -10.1. The molecule has 3 rings (SSSR count). The number of ether oxygens (including phenoxy) is 1. The number of halogens is 7. The number of nitrogens with one attached hydrogen (secondary N) is 1. The smallest absolute Gasteiger partial charge is 0.392 e. The minimum atomic E-state index is -4.72. The fourth-order valence-electron chi connectivity index (χ4n) is 4.16. The van der Waals surface area contributed by atoms with Gasteiger partial charge < -0.3 is 15.2 Å². The van der Waals surface area contributed by atoms with Crippen molar-refractivity contribution in [2.45, 2.75) is 44.4 Å². The molecule has 1 saturated carbocycles.